The van der Waals surface area contributed by atoms with Gasteiger partial charge in [0, 0.05) is 32.2 Å². The van der Waals surface area contributed by atoms with E-state index in [4.69, 9.17) is 4.42 Å². The Labute approximate surface area is 142 Å². The molecule has 0 N–H and O–H groups in total. The van der Waals surface area contributed by atoms with E-state index >= 15 is 0 Å². The molecule has 0 radical (unpaired) electrons. The van der Waals surface area contributed by atoms with Crippen LogP contribution in [0.2, 0.25) is 0 Å². The largest absolute Gasteiger partial charge is 0.448 e. The van der Waals surface area contributed by atoms with E-state index in [1.807, 2.05) is 4.90 Å². The van der Waals surface area contributed by atoms with Gasteiger partial charge in [0.1, 0.15) is 5.76 Å². The number of rotatable bonds is 3. The van der Waals surface area contributed by atoms with Gasteiger partial charge in [-0.3, -0.25) is 9.69 Å². The zero-order chi connectivity index (χ0) is 16.5. The Bertz CT molecular complexity index is 712. The number of amides is 1. The third-order valence-corrected chi connectivity index (χ3v) is 5.29. The molecule has 4 heterocycles. The predicted molar refractivity (Wildman–Crippen MR) is 90.5 cm³/mol. The fourth-order valence-electron chi connectivity index (χ4n) is 4.02. The summed E-state index contributed by atoms with van der Waals surface area (Å²) in [4.78, 5) is 21.4. The predicted octanol–water partition coefficient (Wildman–Crippen LogP) is 2.72. The molecule has 1 aromatic heterocycles. The SMILES string of the molecule is Cc1ocnc1C(=O)N1C[C@@H]2CC[C@H](C1)N(Cc1ccccc1)C2. The van der Waals surface area contributed by atoms with E-state index in [9.17, 15) is 4.79 Å². The topological polar surface area (TPSA) is 49.6 Å². The highest BCUT2D eigenvalue weighted by molar-refractivity contribution is 5.93. The van der Waals surface area contributed by atoms with Crippen LogP contribution in [0.1, 0.15) is 34.7 Å². The first-order valence-electron chi connectivity index (χ1n) is 8.68. The summed E-state index contributed by atoms with van der Waals surface area (Å²) in [6, 6.07) is 11.0. The van der Waals surface area contributed by atoms with Gasteiger partial charge in [0.2, 0.25) is 0 Å². The van der Waals surface area contributed by atoms with Crippen LogP contribution in [0.3, 0.4) is 0 Å². The van der Waals surface area contributed by atoms with Crippen LogP contribution in [0.4, 0.5) is 0 Å². The Balaban J connectivity index is 1.50. The van der Waals surface area contributed by atoms with Crippen molar-refractivity contribution in [2.24, 2.45) is 5.92 Å². The number of carbonyl (C=O) groups is 1. The Hall–Kier alpha value is -2.14. The number of piperidine rings is 1. The maximum absolute atomic E-state index is 12.8. The summed E-state index contributed by atoms with van der Waals surface area (Å²) < 4.78 is 5.21. The average Bonchev–Trinajstić information content (AvgIpc) is 2.82. The Morgan fingerprint density at radius 1 is 1.21 bits per heavy atom. The van der Waals surface area contributed by atoms with E-state index in [-0.39, 0.29) is 5.91 Å². The highest BCUT2D eigenvalue weighted by Crippen LogP contribution is 2.30. The van der Waals surface area contributed by atoms with Crippen LogP contribution in [0.15, 0.2) is 41.1 Å². The summed E-state index contributed by atoms with van der Waals surface area (Å²) in [7, 11) is 0. The molecule has 0 aliphatic carbocycles. The number of carbonyl (C=O) groups excluding carboxylic acids is 1. The van der Waals surface area contributed by atoms with Gasteiger partial charge in [-0.15, -0.1) is 0 Å². The molecule has 5 rings (SSSR count). The van der Waals surface area contributed by atoms with Crippen LogP contribution >= 0.6 is 0 Å². The molecule has 2 bridgehead atoms. The second-order valence-corrected chi connectivity index (χ2v) is 6.98. The summed E-state index contributed by atoms with van der Waals surface area (Å²) in [6.45, 7) is 5.45. The minimum Gasteiger partial charge on any atom is -0.448 e. The van der Waals surface area contributed by atoms with Gasteiger partial charge in [0.25, 0.3) is 5.91 Å². The lowest BCUT2D eigenvalue weighted by molar-refractivity contribution is 0.0729. The summed E-state index contributed by atoms with van der Waals surface area (Å²) >= 11 is 0. The van der Waals surface area contributed by atoms with Gasteiger partial charge in [-0.1, -0.05) is 30.3 Å². The number of oxazole rings is 1. The third-order valence-electron chi connectivity index (χ3n) is 5.29. The molecule has 1 amide bonds. The van der Waals surface area contributed by atoms with Crippen molar-refractivity contribution in [2.75, 3.05) is 19.6 Å². The number of aromatic nitrogens is 1. The Morgan fingerprint density at radius 2 is 2.04 bits per heavy atom. The summed E-state index contributed by atoms with van der Waals surface area (Å²) in [5, 5.41) is 0. The number of aryl methyl sites for hydroxylation is 1. The maximum Gasteiger partial charge on any atom is 0.276 e. The van der Waals surface area contributed by atoms with Crippen LogP contribution in [-0.2, 0) is 6.54 Å². The lowest BCUT2D eigenvalue weighted by Crippen LogP contribution is -2.44. The van der Waals surface area contributed by atoms with Crippen LogP contribution in [-0.4, -0.2) is 46.4 Å². The van der Waals surface area contributed by atoms with Gasteiger partial charge in [-0.25, -0.2) is 4.98 Å². The van der Waals surface area contributed by atoms with Crippen molar-refractivity contribution in [2.45, 2.75) is 32.4 Å². The molecule has 3 aliphatic rings. The van der Waals surface area contributed by atoms with Gasteiger partial charge in [-0.2, -0.15) is 0 Å². The first kappa shape index (κ1) is 15.4. The summed E-state index contributed by atoms with van der Waals surface area (Å²) in [5.74, 6) is 1.17. The molecule has 126 valence electrons. The van der Waals surface area contributed by atoms with Crippen molar-refractivity contribution in [1.82, 2.24) is 14.8 Å². The van der Waals surface area contributed by atoms with Crippen molar-refractivity contribution in [3.8, 4) is 0 Å². The lowest BCUT2D eigenvalue weighted by atomic mass is 9.94. The quantitative estimate of drug-likeness (QED) is 0.871. The first-order valence-corrected chi connectivity index (χ1v) is 8.68. The number of hydrogen-bond acceptors (Lipinski definition) is 4. The monoisotopic (exact) mass is 325 g/mol. The van der Waals surface area contributed by atoms with E-state index in [0.717, 1.165) is 26.2 Å². The van der Waals surface area contributed by atoms with E-state index in [1.165, 1.54) is 24.8 Å². The van der Waals surface area contributed by atoms with Crippen LogP contribution < -0.4 is 0 Å². The third kappa shape index (κ3) is 2.96. The average molecular weight is 325 g/mol. The molecule has 1 aromatic carbocycles. The van der Waals surface area contributed by atoms with Crippen LogP contribution in [0, 0.1) is 12.8 Å². The molecule has 5 nitrogen and oxygen atoms in total. The highest BCUT2D eigenvalue weighted by atomic mass is 16.3. The van der Waals surface area contributed by atoms with E-state index < -0.39 is 0 Å². The zero-order valence-corrected chi connectivity index (χ0v) is 14.0. The summed E-state index contributed by atoms with van der Waals surface area (Å²) in [6.07, 6.45) is 3.73. The van der Waals surface area contributed by atoms with Gasteiger partial charge in [0.15, 0.2) is 12.1 Å². The standard InChI is InChI=1S/C19H23N3O2/c1-14-18(20-13-24-14)19(23)22-11-16-7-8-17(12-22)21(10-16)9-15-5-3-2-4-6-15/h2-6,13,16-17H,7-12H2,1H3/t16-,17-/m1/s1. The van der Waals surface area contributed by atoms with E-state index in [0.29, 0.717) is 23.4 Å². The number of fused-ring (bicyclic) bond motifs is 4. The van der Waals surface area contributed by atoms with E-state index in [1.54, 1.807) is 6.92 Å². The first-order chi connectivity index (χ1) is 11.7. The second kappa shape index (κ2) is 6.40. The molecule has 3 aliphatic heterocycles. The van der Waals surface area contributed by atoms with Crippen molar-refractivity contribution >= 4 is 5.91 Å². The summed E-state index contributed by atoms with van der Waals surface area (Å²) in [5.41, 5.74) is 1.81. The molecule has 24 heavy (non-hydrogen) atoms. The highest BCUT2D eigenvalue weighted by Gasteiger charge is 2.37. The molecule has 3 fully saturated rings. The number of benzene rings is 1. The molecule has 0 saturated carbocycles. The fourth-order valence-corrected chi connectivity index (χ4v) is 4.02. The number of hydrogen-bond donors (Lipinski definition) is 0. The molecule has 5 heteroatoms. The smallest absolute Gasteiger partial charge is 0.276 e. The minimum atomic E-state index is 0.0136. The minimum absolute atomic E-state index is 0.0136. The van der Waals surface area contributed by atoms with Gasteiger partial charge in [-0.05, 0) is 31.2 Å². The Kier molecular flexibility index (Phi) is 4.10. The van der Waals surface area contributed by atoms with Crippen LogP contribution in [0.25, 0.3) is 0 Å². The second-order valence-electron chi connectivity index (χ2n) is 6.98. The molecular weight excluding hydrogens is 302 g/mol. The van der Waals surface area contributed by atoms with E-state index in [2.05, 4.69) is 40.2 Å². The molecule has 3 saturated heterocycles. The van der Waals surface area contributed by atoms with Gasteiger partial charge in [0.05, 0.1) is 0 Å². The molecule has 0 spiro atoms. The van der Waals surface area contributed by atoms with Gasteiger partial charge >= 0.3 is 0 Å². The van der Waals surface area contributed by atoms with Gasteiger partial charge < -0.3 is 9.32 Å². The maximum atomic E-state index is 12.8. The molecule has 2 aromatic rings. The number of nitrogens with zero attached hydrogens (tertiary/aromatic N) is 3. The van der Waals surface area contributed by atoms with Crippen molar-refractivity contribution in [3.05, 3.63) is 53.7 Å². The van der Waals surface area contributed by atoms with Crippen molar-refractivity contribution < 1.29 is 9.21 Å². The molecule has 2 atom stereocenters. The Morgan fingerprint density at radius 3 is 2.79 bits per heavy atom. The fraction of sp³-hybridized carbons (Fsp3) is 0.474. The molecule has 0 unspecified atom stereocenters. The van der Waals surface area contributed by atoms with Crippen molar-refractivity contribution in [3.63, 3.8) is 0 Å². The molecular formula is C19H23N3O2. The lowest BCUT2D eigenvalue weighted by Gasteiger charge is -2.36. The zero-order valence-electron chi connectivity index (χ0n) is 14.0. The normalized spacial score (nSPS) is 24.1. The van der Waals surface area contributed by atoms with Crippen LogP contribution in [0.5, 0.6) is 0 Å². The van der Waals surface area contributed by atoms with Crippen molar-refractivity contribution in [1.29, 1.82) is 0 Å².